The summed E-state index contributed by atoms with van der Waals surface area (Å²) in [6.45, 7) is 6.25. The third-order valence-corrected chi connectivity index (χ3v) is 2.34. The topological polar surface area (TPSA) is 0 Å². The van der Waals surface area contributed by atoms with E-state index in [0.717, 1.165) is 0 Å². The normalized spacial score (nSPS) is 39.5. The molecule has 0 nitrogen and oxygen atoms in total. The van der Waals surface area contributed by atoms with Crippen molar-refractivity contribution in [3.63, 3.8) is 0 Å². The molecule has 0 N–H and O–H groups in total. The lowest BCUT2D eigenvalue weighted by molar-refractivity contribution is 0.203. The Balaban J connectivity index is 2.60. The van der Waals surface area contributed by atoms with Crippen molar-refractivity contribution in [2.45, 2.75) is 26.9 Å². The molecule has 0 aliphatic heterocycles. The van der Waals surface area contributed by atoms with E-state index in [2.05, 4.69) is 20.8 Å². The first kappa shape index (κ1) is 7.77. The molecule has 1 heteroatoms. The second kappa shape index (κ2) is 2.73. The minimum atomic E-state index is -0.699. The van der Waals surface area contributed by atoms with Gasteiger partial charge in [-0.3, -0.25) is 0 Å². The fourth-order valence-corrected chi connectivity index (χ4v) is 1.80. The second-order valence-electron chi connectivity index (χ2n) is 3.51. The zero-order valence-corrected chi connectivity index (χ0v) is 6.84. The highest BCUT2D eigenvalue weighted by molar-refractivity contribution is 5.06. The average molecular weight is 142 g/mol. The fraction of sp³-hybridized carbons (Fsp3) is 0.778. The molecule has 0 bridgehead atoms. The summed E-state index contributed by atoms with van der Waals surface area (Å²) in [5, 5.41) is 0. The predicted octanol–water partition coefficient (Wildman–Crippen LogP) is 2.80. The zero-order valence-electron chi connectivity index (χ0n) is 6.84. The third-order valence-electron chi connectivity index (χ3n) is 2.34. The maximum Gasteiger partial charge on any atom is 0.122 e. The molecule has 10 heavy (non-hydrogen) atoms. The van der Waals surface area contributed by atoms with Crippen molar-refractivity contribution >= 4 is 0 Å². The van der Waals surface area contributed by atoms with E-state index < -0.39 is 6.17 Å². The van der Waals surface area contributed by atoms with Crippen LogP contribution in [-0.4, -0.2) is 6.17 Å². The van der Waals surface area contributed by atoms with Gasteiger partial charge in [-0.15, -0.1) is 0 Å². The molecule has 0 fully saturated rings. The monoisotopic (exact) mass is 142 g/mol. The summed E-state index contributed by atoms with van der Waals surface area (Å²) in [4.78, 5) is 0. The van der Waals surface area contributed by atoms with Gasteiger partial charge >= 0.3 is 0 Å². The second-order valence-corrected chi connectivity index (χ2v) is 3.51. The molecule has 1 aliphatic rings. The van der Waals surface area contributed by atoms with Gasteiger partial charge in [-0.05, 0) is 11.8 Å². The Morgan fingerprint density at radius 1 is 1.30 bits per heavy atom. The largest absolute Gasteiger partial charge is 0.243 e. The number of hydrogen-bond donors (Lipinski definition) is 0. The minimum Gasteiger partial charge on any atom is -0.243 e. The molecule has 1 aliphatic carbocycles. The molecular formula is C9H15F. The molecular weight excluding hydrogens is 127 g/mol. The van der Waals surface area contributed by atoms with E-state index >= 15 is 0 Å². The number of halogens is 1. The fourth-order valence-electron chi connectivity index (χ4n) is 1.80. The Labute approximate surface area is 62.1 Å². The van der Waals surface area contributed by atoms with Gasteiger partial charge in [-0.2, -0.15) is 0 Å². The smallest absolute Gasteiger partial charge is 0.122 e. The van der Waals surface area contributed by atoms with Gasteiger partial charge in [-0.25, -0.2) is 4.39 Å². The van der Waals surface area contributed by atoms with Crippen LogP contribution in [-0.2, 0) is 0 Å². The average Bonchev–Trinajstić information content (AvgIpc) is 2.11. The number of hydrogen-bond acceptors (Lipinski definition) is 0. The van der Waals surface area contributed by atoms with Crippen molar-refractivity contribution in [2.24, 2.45) is 17.8 Å². The SMILES string of the molecule is CC(C)C1C(C)C=CC1F. The van der Waals surface area contributed by atoms with Crippen LogP contribution in [0.2, 0.25) is 0 Å². The Morgan fingerprint density at radius 2 is 1.90 bits per heavy atom. The maximum absolute atomic E-state index is 13.0. The molecule has 3 atom stereocenters. The molecule has 0 saturated heterocycles. The van der Waals surface area contributed by atoms with Crippen LogP contribution in [0.3, 0.4) is 0 Å². The molecule has 1 rings (SSSR count). The summed E-state index contributed by atoms with van der Waals surface area (Å²) in [6, 6.07) is 0. The highest BCUT2D eigenvalue weighted by Gasteiger charge is 2.30. The summed E-state index contributed by atoms with van der Waals surface area (Å²) in [5.41, 5.74) is 0. The van der Waals surface area contributed by atoms with Crippen LogP contribution >= 0.6 is 0 Å². The van der Waals surface area contributed by atoms with Crippen LogP contribution in [0.15, 0.2) is 12.2 Å². The lowest BCUT2D eigenvalue weighted by Gasteiger charge is -2.21. The van der Waals surface area contributed by atoms with Gasteiger partial charge in [0, 0.05) is 5.92 Å². The molecule has 0 aromatic rings. The van der Waals surface area contributed by atoms with Gasteiger partial charge < -0.3 is 0 Å². The third kappa shape index (κ3) is 1.23. The standard InChI is InChI=1S/C9H15F/c1-6(2)9-7(3)4-5-8(9)10/h4-9H,1-3H3. The van der Waals surface area contributed by atoms with Crippen LogP contribution in [0.25, 0.3) is 0 Å². The lowest BCUT2D eigenvalue weighted by atomic mass is 9.86. The van der Waals surface area contributed by atoms with E-state index in [1.54, 1.807) is 6.08 Å². The van der Waals surface area contributed by atoms with Gasteiger partial charge in [0.25, 0.3) is 0 Å². The molecule has 3 unspecified atom stereocenters. The van der Waals surface area contributed by atoms with Gasteiger partial charge in [-0.1, -0.05) is 32.9 Å². The van der Waals surface area contributed by atoms with E-state index in [-0.39, 0.29) is 5.92 Å². The van der Waals surface area contributed by atoms with Crippen LogP contribution in [0, 0.1) is 17.8 Å². The molecule has 0 aromatic heterocycles. The van der Waals surface area contributed by atoms with Crippen LogP contribution in [0.5, 0.6) is 0 Å². The first-order valence-corrected chi connectivity index (χ1v) is 3.95. The van der Waals surface area contributed by atoms with E-state index in [0.29, 0.717) is 11.8 Å². The number of alkyl halides is 1. The van der Waals surface area contributed by atoms with Gasteiger partial charge in [0.1, 0.15) is 6.17 Å². The van der Waals surface area contributed by atoms with Crippen molar-refractivity contribution in [1.29, 1.82) is 0 Å². The Kier molecular flexibility index (Phi) is 2.12. The van der Waals surface area contributed by atoms with Crippen molar-refractivity contribution in [1.82, 2.24) is 0 Å². The molecule has 0 amide bonds. The molecule has 0 aromatic carbocycles. The van der Waals surface area contributed by atoms with Crippen molar-refractivity contribution in [3.8, 4) is 0 Å². The lowest BCUT2D eigenvalue weighted by Crippen LogP contribution is -2.20. The quantitative estimate of drug-likeness (QED) is 0.494. The van der Waals surface area contributed by atoms with Gasteiger partial charge in [0.2, 0.25) is 0 Å². The van der Waals surface area contributed by atoms with Gasteiger partial charge in [0.05, 0.1) is 0 Å². The van der Waals surface area contributed by atoms with E-state index in [4.69, 9.17) is 0 Å². The first-order chi connectivity index (χ1) is 4.63. The first-order valence-electron chi connectivity index (χ1n) is 3.95. The molecule has 58 valence electrons. The molecule has 0 radical (unpaired) electrons. The summed E-state index contributed by atoms with van der Waals surface area (Å²) in [6.07, 6.45) is 2.97. The van der Waals surface area contributed by atoms with E-state index in [1.165, 1.54) is 0 Å². The highest BCUT2D eigenvalue weighted by atomic mass is 19.1. The van der Waals surface area contributed by atoms with Crippen molar-refractivity contribution in [2.75, 3.05) is 0 Å². The summed E-state index contributed by atoms with van der Waals surface area (Å²) in [7, 11) is 0. The van der Waals surface area contributed by atoms with Crippen molar-refractivity contribution < 1.29 is 4.39 Å². The minimum absolute atomic E-state index is 0.222. The summed E-state index contributed by atoms with van der Waals surface area (Å²) < 4.78 is 13.0. The predicted molar refractivity (Wildman–Crippen MR) is 41.5 cm³/mol. The van der Waals surface area contributed by atoms with Gasteiger partial charge in [0.15, 0.2) is 0 Å². The summed E-state index contributed by atoms with van der Waals surface area (Å²) in [5.74, 6) is 1.11. The molecule has 0 saturated carbocycles. The maximum atomic E-state index is 13.0. The Hall–Kier alpha value is -0.330. The van der Waals surface area contributed by atoms with E-state index in [9.17, 15) is 4.39 Å². The highest BCUT2D eigenvalue weighted by Crippen LogP contribution is 2.33. The van der Waals surface area contributed by atoms with E-state index in [1.807, 2.05) is 6.08 Å². The molecule has 0 heterocycles. The summed E-state index contributed by atoms with van der Waals surface area (Å²) >= 11 is 0. The Bertz CT molecular complexity index is 126. The van der Waals surface area contributed by atoms with Crippen molar-refractivity contribution in [3.05, 3.63) is 12.2 Å². The van der Waals surface area contributed by atoms with Crippen LogP contribution in [0.1, 0.15) is 20.8 Å². The zero-order chi connectivity index (χ0) is 7.72. The van der Waals surface area contributed by atoms with Crippen LogP contribution < -0.4 is 0 Å². The molecule has 0 spiro atoms. The van der Waals surface area contributed by atoms with Crippen LogP contribution in [0.4, 0.5) is 4.39 Å². The Morgan fingerprint density at radius 3 is 2.10 bits per heavy atom. The number of allylic oxidation sites excluding steroid dienone is 2. The number of rotatable bonds is 1.